The van der Waals surface area contributed by atoms with Gasteiger partial charge in [0, 0.05) is 6.04 Å². The van der Waals surface area contributed by atoms with Gasteiger partial charge in [-0.1, -0.05) is 48.5 Å². The van der Waals surface area contributed by atoms with E-state index in [1.54, 1.807) is 11.1 Å². The molecule has 108 valence electrons. The van der Waals surface area contributed by atoms with Crippen LogP contribution in [0.25, 0.3) is 0 Å². The highest BCUT2D eigenvalue weighted by Crippen LogP contribution is 2.49. The number of fused-ring (bicyclic) bond motifs is 1. The maximum absolute atomic E-state index is 6.48. The zero-order valence-electron chi connectivity index (χ0n) is 12.5. The molecule has 0 bridgehead atoms. The highest BCUT2D eigenvalue weighted by atomic mass is 14.7. The summed E-state index contributed by atoms with van der Waals surface area (Å²) in [4.78, 5) is 0. The summed E-state index contributed by atoms with van der Waals surface area (Å²) in [6, 6.07) is 18.2. The van der Waals surface area contributed by atoms with Gasteiger partial charge in [0.05, 0.1) is 0 Å². The van der Waals surface area contributed by atoms with E-state index in [2.05, 4.69) is 48.5 Å². The lowest BCUT2D eigenvalue weighted by Gasteiger charge is -2.13. The molecule has 0 aliphatic heterocycles. The molecule has 0 heterocycles. The van der Waals surface area contributed by atoms with Gasteiger partial charge >= 0.3 is 0 Å². The Balaban J connectivity index is 1.42. The Morgan fingerprint density at radius 1 is 1.00 bits per heavy atom. The van der Waals surface area contributed by atoms with E-state index in [-0.39, 0.29) is 0 Å². The van der Waals surface area contributed by atoms with Crippen molar-refractivity contribution in [3.63, 3.8) is 0 Å². The molecule has 2 aliphatic rings. The number of rotatable bonds is 4. The Morgan fingerprint density at radius 3 is 2.67 bits per heavy atom. The van der Waals surface area contributed by atoms with Crippen molar-refractivity contribution in [1.82, 2.24) is 0 Å². The fourth-order valence-corrected chi connectivity index (χ4v) is 3.95. The number of aryl methyl sites for hydroxylation is 2. The van der Waals surface area contributed by atoms with Gasteiger partial charge in [-0.2, -0.15) is 0 Å². The fraction of sp³-hybridized carbons (Fsp3) is 0.400. The van der Waals surface area contributed by atoms with Gasteiger partial charge in [0.15, 0.2) is 0 Å². The van der Waals surface area contributed by atoms with Crippen molar-refractivity contribution in [2.45, 2.75) is 44.1 Å². The van der Waals surface area contributed by atoms with Crippen LogP contribution in [0.2, 0.25) is 0 Å². The van der Waals surface area contributed by atoms with Crippen LogP contribution < -0.4 is 5.73 Å². The van der Waals surface area contributed by atoms with Crippen molar-refractivity contribution in [1.29, 1.82) is 0 Å². The minimum absolute atomic E-state index is 0.301. The lowest BCUT2D eigenvalue weighted by Crippen LogP contribution is -2.26. The fourth-order valence-electron chi connectivity index (χ4n) is 3.95. The molecule has 2 N–H and O–H groups in total. The zero-order valence-corrected chi connectivity index (χ0v) is 12.5. The van der Waals surface area contributed by atoms with Crippen LogP contribution in [0.5, 0.6) is 0 Å². The standard InChI is InChI=1S/C20H23N/c21-20(19-13-18(19)16-5-2-1-3-6-16)12-14-9-10-15-7-4-8-17(15)11-14/h1-3,5-6,9-11,18-20H,4,7-8,12-13,21H2. The van der Waals surface area contributed by atoms with Gasteiger partial charge < -0.3 is 5.73 Å². The molecular formula is C20H23N. The molecule has 3 unspecified atom stereocenters. The number of hydrogen-bond donors (Lipinski definition) is 1. The summed E-state index contributed by atoms with van der Waals surface area (Å²) in [7, 11) is 0. The topological polar surface area (TPSA) is 26.0 Å². The lowest BCUT2D eigenvalue weighted by molar-refractivity contribution is 0.577. The van der Waals surface area contributed by atoms with Crippen molar-refractivity contribution < 1.29 is 0 Å². The van der Waals surface area contributed by atoms with Crippen LogP contribution in [0.3, 0.4) is 0 Å². The lowest BCUT2D eigenvalue weighted by atomic mass is 9.97. The Bertz CT molecular complexity index is 632. The number of nitrogens with two attached hydrogens (primary N) is 1. The molecular weight excluding hydrogens is 254 g/mol. The Labute approximate surface area is 127 Å². The first kappa shape index (κ1) is 13.1. The molecule has 0 amide bonds. The van der Waals surface area contributed by atoms with E-state index < -0.39 is 0 Å². The first-order valence-corrected chi connectivity index (χ1v) is 8.22. The summed E-state index contributed by atoms with van der Waals surface area (Å²) >= 11 is 0. The molecule has 0 radical (unpaired) electrons. The van der Waals surface area contributed by atoms with Gasteiger partial charge in [-0.3, -0.25) is 0 Å². The van der Waals surface area contributed by atoms with Gasteiger partial charge in [-0.05, 0) is 66.2 Å². The van der Waals surface area contributed by atoms with Crippen LogP contribution in [-0.4, -0.2) is 6.04 Å². The molecule has 3 atom stereocenters. The van der Waals surface area contributed by atoms with Crippen LogP contribution in [0.1, 0.15) is 41.0 Å². The second-order valence-corrected chi connectivity index (χ2v) is 6.74. The van der Waals surface area contributed by atoms with E-state index >= 15 is 0 Å². The van der Waals surface area contributed by atoms with E-state index in [9.17, 15) is 0 Å². The molecule has 0 spiro atoms. The van der Waals surface area contributed by atoms with Crippen molar-refractivity contribution in [3.8, 4) is 0 Å². The summed E-state index contributed by atoms with van der Waals surface area (Å²) in [5.41, 5.74) is 12.5. The maximum Gasteiger partial charge on any atom is 0.0114 e. The van der Waals surface area contributed by atoms with Crippen LogP contribution >= 0.6 is 0 Å². The van der Waals surface area contributed by atoms with Crippen molar-refractivity contribution >= 4 is 0 Å². The summed E-state index contributed by atoms with van der Waals surface area (Å²) in [6.45, 7) is 0. The second-order valence-electron chi connectivity index (χ2n) is 6.74. The largest absolute Gasteiger partial charge is 0.327 e. The molecule has 2 aromatic carbocycles. The summed E-state index contributed by atoms with van der Waals surface area (Å²) < 4.78 is 0. The van der Waals surface area contributed by atoms with Gasteiger partial charge in [0.2, 0.25) is 0 Å². The first-order valence-electron chi connectivity index (χ1n) is 8.22. The average Bonchev–Trinajstić information content (AvgIpc) is 3.19. The molecule has 1 saturated carbocycles. The molecule has 2 aromatic rings. The molecule has 2 aliphatic carbocycles. The Hall–Kier alpha value is -1.60. The molecule has 1 heteroatoms. The smallest absolute Gasteiger partial charge is 0.0114 e. The monoisotopic (exact) mass is 277 g/mol. The predicted molar refractivity (Wildman–Crippen MR) is 87.4 cm³/mol. The molecule has 1 nitrogen and oxygen atoms in total. The van der Waals surface area contributed by atoms with Crippen molar-refractivity contribution in [3.05, 3.63) is 70.8 Å². The molecule has 1 fully saturated rings. The highest BCUT2D eigenvalue weighted by Gasteiger charge is 2.42. The summed E-state index contributed by atoms with van der Waals surface area (Å²) in [5, 5.41) is 0. The minimum atomic E-state index is 0.301. The third-order valence-corrected chi connectivity index (χ3v) is 5.25. The molecule has 0 saturated heterocycles. The molecule has 0 aromatic heterocycles. The molecule has 4 rings (SSSR count). The third kappa shape index (κ3) is 2.63. The van der Waals surface area contributed by atoms with Gasteiger partial charge in [0.1, 0.15) is 0 Å². The number of benzene rings is 2. The van der Waals surface area contributed by atoms with Gasteiger partial charge in [-0.15, -0.1) is 0 Å². The summed E-state index contributed by atoms with van der Waals surface area (Å²) in [6.07, 6.45) is 6.13. The van der Waals surface area contributed by atoms with E-state index in [0.717, 1.165) is 6.42 Å². The van der Waals surface area contributed by atoms with Crippen LogP contribution in [0, 0.1) is 5.92 Å². The van der Waals surface area contributed by atoms with Crippen LogP contribution in [-0.2, 0) is 19.3 Å². The maximum atomic E-state index is 6.48. The Morgan fingerprint density at radius 2 is 1.81 bits per heavy atom. The van der Waals surface area contributed by atoms with Gasteiger partial charge in [-0.25, -0.2) is 0 Å². The second kappa shape index (κ2) is 5.31. The molecule has 21 heavy (non-hydrogen) atoms. The van der Waals surface area contributed by atoms with Gasteiger partial charge in [0.25, 0.3) is 0 Å². The van der Waals surface area contributed by atoms with Crippen molar-refractivity contribution in [2.24, 2.45) is 11.7 Å². The van der Waals surface area contributed by atoms with Crippen molar-refractivity contribution in [2.75, 3.05) is 0 Å². The summed E-state index contributed by atoms with van der Waals surface area (Å²) in [5.74, 6) is 1.36. The van der Waals surface area contributed by atoms with E-state index in [4.69, 9.17) is 5.73 Å². The Kier molecular flexibility index (Phi) is 3.31. The highest BCUT2D eigenvalue weighted by molar-refractivity contribution is 5.36. The number of hydrogen-bond acceptors (Lipinski definition) is 1. The average molecular weight is 277 g/mol. The minimum Gasteiger partial charge on any atom is -0.327 e. The van der Waals surface area contributed by atoms with E-state index in [0.29, 0.717) is 17.9 Å². The quantitative estimate of drug-likeness (QED) is 0.902. The zero-order chi connectivity index (χ0) is 14.2. The predicted octanol–water partition coefficient (Wildman–Crippen LogP) is 3.85. The van der Waals surface area contributed by atoms with E-state index in [1.165, 1.54) is 36.8 Å². The normalized spacial score (nSPS) is 24.6. The first-order chi connectivity index (χ1) is 10.3. The van der Waals surface area contributed by atoms with Crippen LogP contribution in [0.4, 0.5) is 0 Å². The van der Waals surface area contributed by atoms with Crippen LogP contribution in [0.15, 0.2) is 48.5 Å². The SMILES string of the molecule is NC(Cc1ccc2c(c1)CCC2)C1CC1c1ccccc1. The third-order valence-electron chi connectivity index (χ3n) is 5.25. The van der Waals surface area contributed by atoms with E-state index in [1.807, 2.05) is 0 Å².